The first kappa shape index (κ1) is 20.5. The Morgan fingerprint density at radius 3 is 2.81 bits per heavy atom. The number of carbonyl (C=O) groups is 2. The van der Waals surface area contributed by atoms with Crippen LogP contribution in [0.25, 0.3) is 10.9 Å². The van der Waals surface area contributed by atoms with Crippen LogP contribution >= 0.6 is 11.8 Å². The van der Waals surface area contributed by atoms with Crippen LogP contribution in [0.1, 0.15) is 12.8 Å². The number of rotatable bonds is 8. The zero-order valence-corrected chi connectivity index (χ0v) is 16.0. The average Bonchev–Trinajstić information content (AvgIpc) is 2.69. The van der Waals surface area contributed by atoms with Crippen molar-refractivity contribution >= 4 is 34.5 Å². The van der Waals surface area contributed by atoms with Crippen molar-refractivity contribution in [2.75, 3.05) is 26.5 Å². The molecule has 0 spiro atoms. The molecule has 1 amide bonds. The van der Waals surface area contributed by atoms with E-state index in [1.165, 1.54) is 16.6 Å². The van der Waals surface area contributed by atoms with Gasteiger partial charge >= 0.3 is 5.97 Å². The number of nitrogens with zero attached hydrogens (tertiary/aromatic N) is 4. The van der Waals surface area contributed by atoms with Crippen molar-refractivity contribution in [3.8, 4) is 6.07 Å². The van der Waals surface area contributed by atoms with Gasteiger partial charge in [-0.25, -0.2) is 4.98 Å². The Morgan fingerprint density at radius 1 is 1.37 bits per heavy atom. The number of thioether (sulfide) groups is 1. The minimum absolute atomic E-state index is 0.0278. The highest BCUT2D eigenvalue weighted by Gasteiger charge is 2.16. The number of benzene rings is 1. The number of ether oxygens (including phenoxy) is 1. The lowest BCUT2D eigenvalue weighted by Gasteiger charge is -2.16. The van der Waals surface area contributed by atoms with E-state index in [9.17, 15) is 14.4 Å². The molecule has 27 heavy (non-hydrogen) atoms. The third-order valence-corrected chi connectivity index (χ3v) is 4.86. The molecule has 0 fully saturated rings. The summed E-state index contributed by atoms with van der Waals surface area (Å²) in [6.07, 6.45) is 0.283. The zero-order chi connectivity index (χ0) is 19.8. The van der Waals surface area contributed by atoms with Gasteiger partial charge in [0.1, 0.15) is 0 Å². The van der Waals surface area contributed by atoms with Gasteiger partial charge in [-0.2, -0.15) is 5.26 Å². The number of methoxy groups -OCH3 is 1. The van der Waals surface area contributed by atoms with E-state index in [1.54, 1.807) is 31.3 Å². The molecule has 9 heteroatoms. The highest BCUT2D eigenvalue weighted by atomic mass is 32.2. The molecule has 0 atom stereocenters. The number of nitriles is 1. The fourth-order valence-electron chi connectivity index (χ4n) is 2.34. The molecule has 1 heterocycles. The second kappa shape index (κ2) is 9.73. The number of aromatic nitrogens is 2. The Morgan fingerprint density at radius 2 is 2.11 bits per heavy atom. The summed E-state index contributed by atoms with van der Waals surface area (Å²) < 4.78 is 6.03. The first-order chi connectivity index (χ1) is 13.0. The van der Waals surface area contributed by atoms with Gasteiger partial charge in [0.05, 0.1) is 42.7 Å². The van der Waals surface area contributed by atoms with Crippen LogP contribution in [-0.2, 0) is 20.9 Å². The van der Waals surface area contributed by atoms with E-state index in [-0.39, 0.29) is 36.6 Å². The van der Waals surface area contributed by atoms with Gasteiger partial charge in [0.2, 0.25) is 5.91 Å². The Bertz CT molecular complexity index is 935. The molecule has 0 unspecified atom stereocenters. The molecule has 8 nitrogen and oxygen atoms in total. The lowest BCUT2D eigenvalue weighted by atomic mass is 10.2. The topological polar surface area (TPSA) is 105 Å². The summed E-state index contributed by atoms with van der Waals surface area (Å²) >= 11 is 1.13. The molecule has 142 valence electrons. The predicted octanol–water partition coefficient (Wildman–Crippen LogP) is 1.42. The Kier molecular flexibility index (Phi) is 7.37. The predicted molar refractivity (Wildman–Crippen MR) is 101 cm³/mol. The monoisotopic (exact) mass is 388 g/mol. The van der Waals surface area contributed by atoms with Gasteiger partial charge in [-0.1, -0.05) is 23.9 Å². The van der Waals surface area contributed by atoms with Gasteiger partial charge in [-0.3, -0.25) is 19.0 Å². The van der Waals surface area contributed by atoms with Crippen LogP contribution in [0.4, 0.5) is 0 Å². The van der Waals surface area contributed by atoms with Gasteiger partial charge in [0.25, 0.3) is 5.56 Å². The molecule has 2 rings (SSSR count). The van der Waals surface area contributed by atoms with Crippen molar-refractivity contribution in [1.29, 1.82) is 5.26 Å². The van der Waals surface area contributed by atoms with E-state index >= 15 is 0 Å². The van der Waals surface area contributed by atoms with Crippen molar-refractivity contribution in [2.45, 2.75) is 24.5 Å². The van der Waals surface area contributed by atoms with Gasteiger partial charge in [0.15, 0.2) is 5.16 Å². The van der Waals surface area contributed by atoms with Crippen LogP contribution < -0.4 is 5.56 Å². The maximum Gasteiger partial charge on any atom is 0.307 e. The highest BCUT2D eigenvalue weighted by molar-refractivity contribution is 7.99. The normalized spacial score (nSPS) is 10.4. The fourth-order valence-corrected chi connectivity index (χ4v) is 3.30. The van der Waals surface area contributed by atoms with Gasteiger partial charge in [-0.15, -0.1) is 0 Å². The molecule has 2 aromatic rings. The molecule has 0 aliphatic carbocycles. The van der Waals surface area contributed by atoms with Crippen LogP contribution in [-0.4, -0.2) is 52.8 Å². The van der Waals surface area contributed by atoms with Crippen LogP contribution in [0, 0.1) is 11.3 Å². The van der Waals surface area contributed by atoms with Gasteiger partial charge < -0.3 is 9.64 Å². The second-order valence-corrected chi connectivity index (χ2v) is 6.65. The molecule has 1 aromatic carbocycles. The molecule has 0 N–H and O–H groups in total. The Labute approximate surface area is 160 Å². The zero-order valence-electron chi connectivity index (χ0n) is 15.2. The maximum atomic E-state index is 12.8. The third kappa shape index (κ3) is 5.31. The molecule has 0 aliphatic rings. The largest absolute Gasteiger partial charge is 0.469 e. The number of amides is 1. The van der Waals surface area contributed by atoms with E-state index in [0.29, 0.717) is 22.6 Å². The number of hydrogen-bond acceptors (Lipinski definition) is 7. The first-order valence-electron chi connectivity index (χ1n) is 8.28. The van der Waals surface area contributed by atoms with Gasteiger partial charge in [-0.05, 0) is 12.1 Å². The van der Waals surface area contributed by atoms with Crippen molar-refractivity contribution in [3.63, 3.8) is 0 Å². The Balaban J connectivity index is 2.27. The maximum absolute atomic E-state index is 12.8. The molecule has 0 saturated heterocycles. The number of fused-ring (bicyclic) bond motifs is 1. The third-order valence-electron chi connectivity index (χ3n) is 3.90. The quantitative estimate of drug-likeness (QED) is 0.382. The average molecular weight is 388 g/mol. The summed E-state index contributed by atoms with van der Waals surface area (Å²) in [6, 6.07) is 8.93. The van der Waals surface area contributed by atoms with Crippen molar-refractivity contribution in [2.24, 2.45) is 0 Å². The summed E-state index contributed by atoms with van der Waals surface area (Å²) in [7, 11) is 2.91. The minimum atomic E-state index is -0.432. The van der Waals surface area contributed by atoms with Crippen LogP contribution in [0.2, 0.25) is 0 Å². The van der Waals surface area contributed by atoms with Crippen molar-refractivity contribution in [1.82, 2.24) is 14.5 Å². The molecular weight excluding hydrogens is 368 g/mol. The molecule has 1 aromatic heterocycles. The standard InChI is InChI=1S/C18H20N4O4S/c1-21(10-5-9-19)15(23)12-27-18-20-14-7-4-3-6-13(14)17(25)22(18)11-8-16(24)26-2/h3-4,6-7H,5,8,10-12H2,1-2H3. The van der Waals surface area contributed by atoms with Crippen molar-refractivity contribution < 1.29 is 14.3 Å². The molecule has 0 saturated carbocycles. The molecular formula is C18H20N4O4S. The lowest BCUT2D eigenvalue weighted by molar-refractivity contribution is -0.140. The lowest BCUT2D eigenvalue weighted by Crippen LogP contribution is -2.30. The SMILES string of the molecule is COC(=O)CCn1c(SCC(=O)N(C)CCC#N)nc2ccccc2c1=O. The van der Waals surface area contributed by atoms with Crippen LogP contribution in [0.3, 0.4) is 0 Å². The van der Waals surface area contributed by atoms with E-state index < -0.39 is 5.97 Å². The number of esters is 1. The smallest absolute Gasteiger partial charge is 0.307 e. The van der Waals surface area contributed by atoms with Crippen LogP contribution in [0.5, 0.6) is 0 Å². The van der Waals surface area contributed by atoms with E-state index in [2.05, 4.69) is 9.72 Å². The number of carbonyl (C=O) groups excluding carboxylic acids is 2. The van der Waals surface area contributed by atoms with Gasteiger partial charge in [0, 0.05) is 20.1 Å². The summed E-state index contributed by atoms with van der Waals surface area (Å²) in [5, 5.41) is 9.43. The van der Waals surface area contributed by atoms with E-state index in [1.807, 2.05) is 6.07 Å². The van der Waals surface area contributed by atoms with E-state index in [0.717, 1.165) is 11.8 Å². The molecule has 0 aliphatic heterocycles. The summed E-state index contributed by atoms with van der Waals surface area (Å²) in [5.41, 5.74) is 0.266. The molecule has 0 radical (unpaired) electrons. The molecule has 0 bridgehead atoms. The number of para-hydroxylation sites is 1. The Hall–Kier alpha value is -2.86. The van der Waals surface area contributed by atoms with Crippen LogP contribution in [0.15, 0.2) is 34.2 Å². The summed E-state index contributed by atoms with van der Waals surface area (Å²) in [5.74, 6) is -0.527. The minimum Gasteiger partial charge on any atom is -0.469 e. The fraction of sp³-hybridized carbons (Fsp3) is 0.389. The first-order valence-corrected chi connectivity index (χ1v) is 9.26. The number of hydrogen-bond donors (Lipinski definition) is 0. The van der Waals surface area contributed by atoms with E-state index in [4.69, 9.17) is 5.26 Å². The highest BCUT2D eigenvalue weighted by Crippen LogP contribution is 2.18. The summed E-state index contributed by atoms with van der Waals surface area (Å²) in [4.78, 5) is 42.4. The van der Waals surface area contributed by atoms with Crippen molar-refractivity contribution in [3.05, 3.63) is 34.6 Å². The second-order valence-electron chi connectivity index (χ2n) is 5.71. The summed E-state index contributed by atoms with van der Waals surface area (Å²) in [6.45, 7) is 0.459.